The monoisotopic (exact) mass is 431 g/mol. The molecule has 0 bridgehead atoms. The molecule has 2 aromatic carbocycles. The Morgan fingerprint density at radius 2 is 1.90 bits per heavy atom. The first-order valence-corrected chi connectivity index (χ1v) is 9.83. The third-order valence-corrected chi connectivity index (χ3v) is 4.74. The van der Waals surface area contributed by atoms with Crippen molar-refractivity contribution in [2.24, 2.45) is 5.10 Å². The first-order chi connectivity index (χ1) is 15.2. The number of hydrazone groups is 1. The summed E-state index contributed by atoms with van der Waals surface area (Å²) < 4.78 is 5.79. The lowest BCUT2D eigenvalue weighted by atomic mass is 10.1. The number of aromatic amines is 1. The van der Waals surface area contributed by atoms with Crippen LogP contribution in [0.2, 0.25) is 5.02 Å². The largest absolute Gasteiger partial charge is 0.489 e. The van der Waals surface area contributed by atoms with Crippen LogP contribution in [0.3, 0.4) is 0 Å². The van der Waals surface area contributed by atoms with E-state index in [0.29, 0.717) is 34.5 Å². The Balaban J connectivity index is 1.35. The first-order valence-electron chi connectivity index (χ1n) is 9.45. The van der Waals surface area contributed by atoms with Crippen LogP contribution in [0.25, 0.3) is 11.3 Å². The molecule has 0 atom stereocenters. The Bertz CT molecular complexity index is 1190. The van der Waals surface area contributed by atoms with Crippen molar-refractivity contribution in [1.29, 1.82) is 0 Å². The molecule has 0 aliphatic heterocycles. The standard InChI is InChI=1S/C23H18ClN5O2/c24-20-7-2-1-5-17(20)15-31-19-10-8-16(9-11-19)21-13-22(28-27-21)23(30)29-26-14-18-6-3-4-12-25-18/h1-14H,15H2,(H,27,28)(H,29,30). The van der Waals surface area contributed by atoms with Gasteiger partial charge in [0.05, 0.1) is 17.6 Å². The molecule has 31 heavy (non-hydrogen) atoms. The lowest BCUT2D eigenvalue weighted by Gasteiger charge is -2.08. The molecule has 0 aliphatic carbocycles. The highest BCUT2D eigenvalue weighted by Crippen LogP contribution is 2.23. The molecule has 4 aromatic rings. The van der Waals surface area contributed by atoms with E-state index in [9.17, 15) is 4.79 Å². The Morgan fingerprint density at radius 1 is 1.10 bits per heavy atom. The highest BCUT2D eigenvalue weighted by atomic mass is 35.5. The van der Waals surface area contributed by atoms with Crippen molar-refractivity contribution in [1.82, 2.24) is 20.6 Å². The van der Waals surface area contributed by atoms with Gasteiger partial charge in [-0.05, 0) is 48.5 Å². The number of nitrogens with zero attached hydrogens (tertiary/aromatic N) is 3. The van der Waals surface area contributed by atoms with Gasteiger partial charge in [-0.25, -0.2) is 5.43 Å². The molecular formula is C23H18ClN5O2. The lowest BCUT2D eigenvalue weighted by molar-refractivity contribution is 0.0950. The van der Waals surface area contributed by atoms with Gasteiger partial charge in [0.25, 0.3) is 5.91 Å². The Labute approximate surface area is 183 Å². The third kappa shape index (κ3) is 5.34. The van der Waals surface area contributed by atoms with Gasteiger partial charge in [0.1, 0.15) is 18.1 Å². The molecule has 0 saturated heterocycles. The van der Waals surface area contributed by atoms with Gasteiger partial charge in [0.2, 0.25) is 0 Å². The molecule has 2 heterocycles. The van der Waals surface area contributed by atoms with Crippen LogP contribution < -0.4 is 10.2 Å². The molecule has 0 saturated carbocycles. The zero-order valence-electron chi connectivity index (χ0n) is 16.3. The minimum atomic E-state index is -0.398. The summed E-state index contributed by atoms with van der Waals surface area (Å²) in [6.07, 6.45) is 3.12. The van der Waals surface area contributed by atoms with Gasteiger partial charge in [-0.2, -0.15) is 10.2 Å². The fourth-order valence-electron chi connectivity index (χ4n) is 2.75. The van der Waals surface area contributed by atoms with Gasteiger partial charge in [-0.15, -0.1) is 0 Å². The summed E-state index contributed by atoms with van der Waals surface area (Å²) in [6.45, 7) is 0.380. The number of aromatic nitrogens is 3. The van der Waals surface area contributed by atoms with Crippen LogP contribution in [0.4, 0.5) is 0 Å². The molecular weight excluding hydrogens is 414 g/mol. The van der Waals surface area contributed by atoms with E-state index in [2.05, 4.69) is 25.7 Å². The van der Waals surface area contributed by atoms with Crippen LogP contribution in [-0.2, 0) is 6.61 Å². The molecule has 154 valence electrons. The minimum Gasteiger partial charge on any atom is -0.489 e. The number of hydrogen-bond donors (Lipinski definition) is 2. The normalized spacial score (nSPS) is 10.9. The molecule has 4 rings (SSSR count). The summed E-state index contributed by atoms with van der Waals surface area (Å²) in [5, 5.41) is 11.5. The zero-order chi connectivity index (χ0) is 21.5. The molecule has 0 aliphatic rings. The number of carbonyl (C=O) groups excluding carboxylic acids is 1. The van der Waals surface area contributed by atoms with E-state index in [-0.39, 0.29) is 0 Å². The Hall–Kier alpha value is -3.97. The summed E-state index contributed by atoms with van der Waals surface area (Å²) in [4.78, 5) is 16.3. The number of nitrogens with one attached hydrogen (secondary N) is 2. The van der Waals surface area contributed by atoms with Gasteiger partial charge in [0, 0.05) is 22.3 Å². The second-order valence-electron chi connectivity index (χ2n) is 6.53. The molecule has 0 spiro atoms. The van der Waals surface area contributed by atoms with E-state index in [1.807, 2.05) is 54.6 Å². The van der Waals surface area contributed by atoms with Crippen LogP contribution in [0.5, 0.6) is 5.75 Å². The molecule has 2 aromatic heterocycles. The molecule has 1 amide bonds. The second-order valence-corrected chi connectivity index (χ2v) is 6.93. The number of H-pyrrole nitrogens is 1. The average Bonchev–Trinajstić information content (AvgIpc) is 3.30. The van der Waals surface area contributed by atoms with E-state index in [4.69, 9.17) is 16.3 Å². The maximum Gasteiger partial charge on any atom is 0.289 e. The number of amides is 1. The summed E-state index contributed by atoms with van der Waals surface area (Å²) in [6, 6.07) is 22.1. The number of halogens is 1. The number of benzene rings is 2. The van der Waals surface area contributed by atoms with E-state index < -0.39 is 5.91 Å². The summed E-state index contributed by atoms with van der Waals surface area (Å²) >= 11 is 6.15. The van der Waals surface area contributed by atoms with E-state index in [0.717, 1.165) is 11.1 Å². The van der Waals surface area contributed by atoms with Crippen LogP contribution in [-0.4, -0.2) is 27.3 Å². The molecule has 0 unspecified atom stereocenters. The first kappa shape index (κ1) is 20.3. The van der Waals surface area contributed by atoms with Crippen LogP contribution in [0, 0.1) is 0 Å². The van der Waals surface area contributed by atoms with Crippen LogP contribution in [0.1, 0.15) is 21.7 Å². The summed E-state index contributed by atoms with van der Waals surface area (Å²) in [7, 11) is 0. The highest BCUT2D eigenvalue weighted by molar-refractivity contribution is 6.31. The fourth-order valence-corrected chi connectivity index (χ4v) is 2.94. The van der Waals surface area contributed by atoms with Crippen molar-refractivity contribution in [2.45, 2.75) is 6.61 Å². The van der Waals surface area contributed by atoms with Crippen molar-refractivity contribution in [3.63, 3.8) is 0 Å². The number of hydrogen-bond acceptors (Lipinski definition) is 5. The van der Waals surface area contributed by atoms with Crippen molar-refractivity contribution in [2.75, 3.05) is 0 Å². The quantitative estimate of drug-likeness (QED) is 0.333. The Kier molecular flexibility index (Phi) is 6.35. The van der Waals surface area contributed by atoms with Crippen molar-refractivity contribution >= 4 is 23.7 Å². The zero-order valence-corrected chi connectivity index (χ0v) is 17.1. The number of pyridine rings is 1. The van der Waals surface area contributed by atoms with E-state index in [1.165, 1.54) is 6.21 Å². The molecule has 0 fully saturated rings. The van der Waals surface area contributed by atoms with Crippen molar-refractivity contribution in [3.05, 3.63) is 101 Å². The van der Waals surface area contributed by atoms with Gasteiger partial charge in [-0.1, -0.05) is 35.9 Å². The fraction of sp³-hybridized carbons (Fsp3) is 0.0435. The van der Waals surface area contributed by atoms with Crippen molar-refractivity contribution in [3.8, 4) is 17.0 Å². The summed E-state index contributed by atoms with van der Waals surface area (Å²) in [5.74, 6) is 0.312. The number of carbonyl (C=O) groups is 1. The molecule has 2 N–H and O–H groups in total. The minimum absolute atomic E-state index is 0.298. The predicted octanol–water partition coefficient (Wildman–Crippen LogP) is 4.47. The maximum absolute atomic E-state index is 12.2. The lowest BCUT2D eigenvalue weighted by Crippen LogP contribution is -2.18. The van der Waals surface area contributed by atoms with Crippen LogP contribution in [0.15, 0.2) is 84.1 Å². The van der Waals surface area contributed by atoms with Crippen LogP contribution >= 0.6 is 11.6 Å². The SMILES string of the molecule is O=C(NN=Cc1ccccn1)c1cc(-c2ccc(OCc3ccccc3Cl)cc2)n[nH]1. The number of ether oxygens (including phenoxy) is 1. The Morgan fingerprint density at radius 3 is 2.68 bits per heavy atom. The highest BCUT2D eigenvalue weighted by Gasteiger charge is 2.10. The molecule has 7 nitrogen and oxygen atoms in total. The van der Waals surface area contributed by atoms with Gasteiger partial charge in [0.15, 0.2) is 0 Å². The maximum atomic E-state index is 12.2. The van der Waals surface area contributed by atoms with Gasteiger partial charge >= 0.3 is 0 Å². The third-order valence-electron chi connectivity index (χ3n) is 4.38. The topological polar surface area (TPSA) is 92.3 Å². The van der Waals surface area contributed by atoms with E-state index in [1.54, 1.807) is 24.4 Å². The molecule has 0 radical (unpaired) electrons. The van der Waals surface area contributed by atoms with Crippen molar-refractivity contribution < 1.29 is 9.53 Å². The molecule has 8 heteroatoms. The van der Waals surface area contributed by atoms with Gasteiger partial charge < -0.3 is 4.74 Å². The van der Waals surface area contributed by atoms with Gasteiger partial charge in [-0.3, -0.25) is 14.9 Å². The summed E-state index contributed by atoms with van der Waals surface area (Å²) in [5.41, 5.74) is 5.79. The number of rotatable bonds is 7. The smallest absolute Gasteiger partial charge is 0.289 e. The average molecular weight is 432 g/mol. The van der Waals surface area contributed by atoms with E-state index >= 15 is 0 Å². The predicted molar refractivity (Wildman–Crippen MR) is 119 cm³/mol. The second kappa shape index (κ2) is 9.69.